The highest BCUT2D eigenvalue weighted by Gasteiger charge is 2.26. The van der Waals surface area contributed by atoms with Crippen molar-refractivity contribution in [2.45, 2.75) is 39.5 Å². The minimum absolute atomic E-state index is 0.113. The molecule has 0 fully saturated rings. The molecule has 1 unspecified atom stereocenters. The molecule has 15 heavy (non-hydrogen) atoms. The second kappa shape index (κ2) is 4.73. The topological polar surface area (TPSA) is 0 Å². The van der Waals surface area contributed by atoms with Crippen molar-refractivity contribution in [1.82, 2.24) is 0 Å². The van der Waals surface area contributed by atoms with E-state index in [4.69, 9.17) is 0 Å². The van der Waals surface area contributed by atoms with Gasteiger partial charge in [0.1, 0.15) is 0 Å². The average Bonchev–Trinajstić information content (AvgIpc) is 2.10. The molecule has 0 heterocycles. The Morgan fingerprint density at radius 2 is 2.13 bits per heavy atom. The van der Waals surface area contributed by atoms with Crippen LogP contribution in [-0.2, 0) is 0 Å². The lowest BCUT2D eigenvalue weighted by Crippen LogP contribution is -2.14. The minimum atomic E-state index is -2.75. The normalized spacial score (nSPS) is 22.9. The molecule has 0 saturated carbocycles. The van der Waals surface area contributed by atoms with Crippen LogP contribution in [0.2, 0.25) is 0 Å². The Morgan fingerprint density at radius 1 is 1.47 bits per heavy atom. The molecule has 0 amide bonds. The Kier molecular flexibility index (Phi) is 3.83. The Balaban J connectivity index is 3.08. The van der Waals surface area contributed by atoms with E-state index in [1.807, 2.05) is 13.0 Å². The van der Waals surface area contributed by atoms with Gasteiger partial charge in [-0.2, -0.15) is 0 Å². The van der Waals surface area contributed by atoms with Crippen molar-refractivity contribution < 1.29 is 8.78 Å². The minimum Gasteiger partial charge on any atom is -0.202 e. The molecule has 0 aliphatic heterocycles. The predicted octanol–water partition coefficient (Wildman–Crippen LogP) is 4.50. The highest BCUT2D eigenvalue weighted by molar-refractivity contribution is 5.34. The summed E-state index contributed by atoms with van der Waals surface area (Å²) in [5, 5.41) is 0. The number of allylic oxidation sites excluding steroid dienone is 6. The van der Waals surface area contributed by atoms with Crippen molar-refractivity contribution in [2.75, 3.05) is 0 Å². The molecule has 0 aromatic carbocycles. The van der Waals surface area contributed by atoms with E-state index in [0.717, 1.165) is 25.3 Å². The average molecular weight is 212 g/mol. The van der Waals surface area contributed by atoms with Gasteiger partial charge in [-0.05, 0) is 18.8 Å². The second-order valence-corrected chi connectivity index (χ2v) is 4.15. The van der Waals surface area contributed by atoms with Crippen LogP contribution in [0.15, 0.2) is 35.5 Å². The van der Waals surface area contributed by atoms with E-state index in [2.05, 4.69) is 6.92 Å². The van der Waals surface area contributed by atoms with E-state index in [-0.39, 0.29) is 5.57 Å². The summed E-state index contributed by atoms with van der Waals surface area (Å²) in [5.74, 6) is -2.39. The number of rotatable bonds is 2. The van der Waals surface area contributed by atoms with Crippen LogP contribution in [0.5, 0.6) is 0 Å². The van der Waals surface area contributed by atoms with Gasteiger partial charge in [-0.1, -0.05) is 43.7 Å². The standard InChI is InChI=1S/C13H18F2/c1-4-11-9-12(13(3,14)15)8-6-5-7-10(11)2/h5-6,8-10H,4,7H2,1-3H3. The molecular weight excluding hydrogens is 194 g/mol. The fraction of sp³-hybridized carbons (Fsp3) is 0.538. The van der Waals surface area contributed by atoms with Gasteiger partial charge in [0, 0.05) is 12.5 Å². The van der Waals surface area contributed by atoms with Gasteiger partial charge in [-0.3, -0.25) is 0 Å². The van der Waals surface area contributed by atoms with E-state index in [1.54, 1.807) is 12.2 Å². The van der Waals surface area contributed by atoms with Crippen LogP contribution < -0.4 is 0 Å². The third-order valence-electron chi connectivity index (χ3n) is 2.79. The van der Waals surface area contributed by atoms with Gasteiger partial charge < -0.3 is 0 Å². The van der Waals surface area contributed by atoms with Gasteiger partial charge in [0.15, 0.2) is 0 Å². The molecule has 1 aliphatic carbocycles. The van der Waals surface area contributed by atoms with E-state index in [9.17, 15) is 8.78 Å². The van der Waals surface area contributed by atoms with Crippen molar-refractivity contribution in [3.8, 4) is 0 Å². The van der Waals surface area contributed by atoms with Gasteiger partial charge in [-0.15, -0.1) is 0 Å². The molecule has 0 radical (unpaired) electrons. The molecule has 1 aliphatic rings. The predicted molar refractivity (Wildman–Crippen MR) is 60.0 cm³/mol. The van der Waals surface area contributed by atoms with Gasteiger partial charge in [0.2, 0.25) is 0 Å². The SMILES string of the molecule is CCC1=CC(C(C)(F)F)=CC=CCC1C. The molecular formula is C13H18F2. The Bertz CT molecular complexity index is 303. The fourth-order valence-electron chi connectivity index (χ4n) is 1.72. The lowest BCUT2D eigenvalue weighted by atomic mass is 9.90. The Labute approximate surface area is 90.4 Å². The van der Waals surface area contributed by atoms with E-state index >= 15 is 0 Å². The first kappa shape index (κ1) is 12.2. The van der Waals surface area contributed by atoms with Crippen LogP contribution in [0.3, 0.4) is 0 Å². The van der Waals surface area contributed by atoms with Gasteiger partial charge in [-0.25, -0.2) is 8.78 Å². The molecule has 0 bridgehead atoms. The molecule has 0 nitrogen and oxygen atoms in total. The molecule has 1 rings (SSSR count). The smallest absolute Gasteiger partial charge is 0.202 e. The van der Waals surface area contributed by atoms with E-state index < -0.39 is 5.92 Å². The van der Waals surface area contributed by atoms with Gasteiger partial charge in [0.25, 0.3) is 5.92 Å². The van der Waals surface area contributed by atoms with Crippen LogP contribution in [0.4, 0.5) is 8.78 Å². The summed E-state index contributed by atoms with van der Waals surface area (Å²) in [6.07, 6.45) is 8.63. The molecule has 0 spiro atoms. The largest absolute Gasteiger partial charge is 0.270 e. The Morgan fingerprint density at radius 3 is 2.67 bits per heavy atom. The van der Waals surface area contributed by atoms with Crippen molar-refractivity contribution in [1.29, 1.82) is 0 Å². The maximum atomic E-state index is 13.2. The highest BCUT2D eigenvalue weighted by Crippen LogP contribution is 2.30. The first-order valence-corrected chi connectivity index (χ1v) is 5.40. The van der Waals surface area contributed by atoms with Crippen molar-refractivity contribution >= 4 is 0 Å². The summed E-state index contributed by atoms with van der Waals surface area (Å²) in [5.41, 5.74) is 1.22. The Hall–Kier alpha value is -0.920. The summed E-state index contributed by atoms with van der Waals surface area (Å²) in [6.45, 7) is 5.04. The van der Waals surface area contributed by atoms with Crippen molar-refractivity contribution in [3.05, 3.63) is 35.5 Å². The molecule has 0 aromatic heterocycles. The summed E-state index contributed by atoms with van der Waals surface area (Å²) < 4.78 is 26.4. The maximum absolute atomic E-state index is 13.2. The maximum Gasteiger partial charge on any atom is 0.270 e. The fourth-order valence-corrected chi connectivity index (χ4v) is 1.72. The van der Waals surface area contributed by atoms with Crippen molar-refractivity contribution in [3.63, 3.8) is 0 Å². The zero-order chi connectivity index (χ0) is 11.5. The monoisotopic (exact) mass is 212 g/mol. The number of halogens is 2. The zero-order valence-corrected chi connectivity index (χ0v) is 9.56. The van der Waals surface area contributed by atoms with Crippen molar-refractivity contribution in [2.24, 2.45) is 5.92 Å². The molecule has 0 N–H and O–H groups in total. The number of alkyl halides is 2. The lowest BCUT2D eigenvalue weighted by Gasteiger charge is -2.18. The summed E-state index contributed by atoms with van der Waals surface area (Å²) in [6, 6.07) is 0. The third kappa shape index (κ3) is 3.29. The zero-order valence-electron chi connectivity index (χ0n) is 9.56. The van der Waals surface area contributed by atoms with Crippen LogP contribution in [0.1, 0.15) is 33.6 Å². The van der Waals surface area contributed by atoms with E-state index in [1.165, 1.54) is 6.08 Å². The summed E-state index contributed by atoms with van der Waals surface area (Å²) >= 11 is 0. The summed E-state index contributed by atoms with van der Waals surface area (Å²) in [7, 11) is 0. The molecule has 1 atom stereocenters. The quantitative estimate of drug-likeness (QED) is 0.632. The third-order valence-corrected chi connectivity index (χ3v) is 2.79. The van der Waals surface area contributed by atoms with Crippen LogP contribution in [0.25, 0.3) is 0 Å². The van der Waals surface area contributed by atoms with Crippen LogP contribution in [-0.4, -0.2) is 5.92 Å². The van der Waals surface area contributed by atoms with Gasteiger partial charge >= 0.3 is 0 Å². The second-order valence-electron chi connectivity index (χ2n) is 4.15. The first-order valence-electron chi connectivity index (χ1n) is 5.40. The number of hydrogen-bond acceptors (Lipinski definition) is 0. The lowest BCUT2D eigenvalue weighted by molar-refractivity contribution is 0.0673. The molecule has 0 aromatic rings. The van der Waals surface area contributed by atoms with Crippen LogP contribution in [0, 0.1) is 5.92 Å². The molecule has 0 saturated heterocycles. The number of hydrogen-bond donors (Lipinski definition) is 0. The molecule has 2 heteroatoms. The van der Waals surface area contributed by atoms with Crippen LogP contribution >= 0.6 is 0 Å². The molecule has 84 valence electrons. The van der Waals surface area contributed by atoms with E-state index in [0.29, 0.717) is 5.92 Å². The summed E-state index contributed by atoms with van der Waals surface area (Å²) in [4.78, 5) is 0. The van der Waals surface area contributed by atoms with Gasteiger partial charge in [0.05, 0.1) is 0 Å². The highest BCUT2D eigenvalue weighted by atomic mass is 19.3. The first-order chi connectivity index (χ1) is 6.95.